The van der Waals surface area contributed by atoms with Gasteiger partial charge in [-0.3, -0.25) is 4.79 Å². The normalized spacial score (nSPS) is 18.3. The number of hydrogen-bond donors (Lipinski definition) is 1. The fourth-order valence-electron chi connectivity index (χ4n) is 4.68. The highest BCUT2D eigenvalue weighted by Crippen LogP contribution is 2.49. The SMILES string of the molecule is O=C1N(Cc2ccc(O)cc2)c2ccc(Br)cc2C12CCN(S(=O)(=O)c1cccs1)CC2. The average Bonchev–Trinajstić information content (AvgIpc) is 3.40. The predicted molar refractivity (Wildman–Crippen MR) is 127 cm³/mol. The van der Waals surface area contributed by atoms with Crippen LogP contribution in [0.15, 0.2) is 68.7 Å². The van der Waals surface area contributed by atoms with E-state index in [1.54, 1.807) is 34.5 Å². The number of carbonyl (C=O) groups excluding carboxylic acids is 1. The van der Waals surface area contributed by atoms with Gasteiger partial charge in [0.25, 0.3) is 10.0 Å². The van der Waals surface area contributed by atoms with E-state index in [0.29, 0.717) is 36.7 Å². The van der Waals surface area contributed by atoms with Gasteiger partial charge in [-0.15, -0.1) is 11.3 Å². The number of phenolic OH excluding ortho intramolecular Hbond substituents is 1. The highest BCUT2D eigenvalue weighted by Gasteiger charge is 2.53. The lowest BCUT2D eigenvalue weighted by atomic mass is 9.74. The quantitative estimate of drug-likeness (QED) is 0.537. The molecule has 0 unspecified atom stereocenters. The number of benzene rings is 2. The summed E-state index contributed by atoms with van der Waals surface area (Å²) in [5.41, 5.74) is 1.99. The summed E-state index contributed by atoms with van der Waals surface area (Å²) in [6.45, 7) is 0.989. The van der Waals surface area contributed by atoms with Gasteiger partial charge in [-0.25, -0.2) is 8.42 Å². The van der Waals surface area contributed by atoms with Crippen molar-refractivity contribution in [3.63, 3.8) is 0 Å². The molecule has 9 heteroatoms. The lowest BCUT2D eigenvalue weighted by molar-refractivity contribution is -0.124. The Morgan fingerprint density at radius 1 is 1.06 bits per heavy atom. The van der Waals surface area contributed by atoms with Gasteiger partial charge in [-0.2, -0.15) is 4.31 Å². The first-order valence-corrected chi connectivity index (χ1v) is 13.4. The third-order valence-corrected chi connectivity index (χ3v) is 10.1. The van der Waals surface area contributed by atoms with Crippen LogP contribution >= 0.6 is 27.3 Å². The number of phenols is 1. The number of rotatable bonds is 4. The van der Waals surface area contributed by atoms with Crippen molar-refractivity contribution >= 4 is 48.9 Å². The van der Waals surface area contributed by atoms with Crippen molar-refractivity contribution in [1.82, 2.24) is 4.31 Å². The second-order valence-electron chi connectivity index (χ2n) is 8.14. The van der Waals surface area contributed by atoms with Crippen LogP contribution in [-0.4, -0.2) is 36.8 Å². The molecule has 0 bridgehead atoms. The Kier molecular flexibility index (Phi) is 5.40. The van der Waals surface area contributed by atoms with Gasteiger partial charge >= 0.3 is 0 Å². The topological polar surface area (TPSA) is 77.9 Å². The van der Waals surface area contributed by atoms with E-state index in [1.807, 2.05) is 30.3 Å². The number of nitrogens with zero attached hydrogens (tertiary/aromatic N) is 2. The molecule has 3 heterocycles. The molecule has 166 valence electrons. The number of anilines is 1. The molecular weight excluding hydrogens is 512 g/mol. The Hall–Kier alpha value is -2.20. The van der Waals surface area contributed by atoms with Gasteiger partial charge in [0.05, 0.1) is 12.0 Å². The fraction of sp³-hybridized carbons (Fsp3) is 0.261. The molecule has 1 aromatic heterocycles. The Balaban J connectivity index is 1.46. The Morgan fingerprint density at radius 3 is 2.44 bits per heavy atom. The minimum atomic E-state index is -3.54. The number of halogens is 1. The van der Waals surface area contributed by atoms with E-state index in [1.165, 1.54) is 15.6 Å². The second-order valence-corrected chi connectivity index (χ2v) is 12.2. The lowest BCUT2D eigenvalue weighted by Crippen LogP contribution is -2.49. The summed E-state index contributed by atoms with van der Waals surface area (Å²) < 4.78 is 28.7. The number of thiophene rings is 1. The first-order valence-electron chi connectivity index (χ1n) is 10.2. The molecule has 2 aliphatic heterocycles. The number of sulfonamides is 1. The van der Waals surface area contributed by atoms with Gasteiger partial charge in [0.1, 0.15) is 9.96 Å². The molecule has 5 rings (SSSR count). The van der Waals surface area contributed by atoms with Crippen molar-refractivity contribution in [3.8, 4) is 5.75 Å². The summed E-state index contributed by atoms with van der Waals surface area (Å²) in [5.74, 6) is 0.188. The molecule has 2 aliphatic rings. The molecule has 0 saturated carbocycles. The van der Waals surface area contributed by atoms with Crippen LogP contribution in [0, 0.1) is 0 Å². The molecular formula is C23H21BrN2O4S2. The lowest BCUT2D eigenvalue weighted by Gasteiger charge is -2.37. The molecule has 1 spiro atoms. The van der Waals surface area contributed by atoms with Gasteiger partial charge in [0.15, 0.2) is 0 Å². The van der Waals surface area contributed by atoms with Crippen LogP contribution in [-0.2, 0) is 26.8 Å². The summed E-state index contributed by atoms with van der Waals surface area (Å²) >= 11 is 4.75. The zero-order chi connectivity index (χ0) is 22.5. The molecule has 6 nitrogen and oxygen atoms in total. The molecule has 1 N–H and O–H groups in total. The highest BCUT2D eigenvalue weighted by molar-refractivity contribution is 9.10. The summed E-state index contributed by atoms with van der Waals surface area (Å²) in [6.07, 6.45) is 0.873. The zero-order valence-electron chi connectivity index (χ0n) is 17.1. The zero-order valence-corrected chi connectivity index (χ0v) is 20.3. The van der Waals surface area contributed by atoms with E-state index in [4.69, 9.17) is 0 Å². The van der Waals surface area contributed by atoms with Crippen LogP contribution in [0.25, 0.3) is 0 Å². The Labute approximate surface area is 199 Å². The largest absolute Gasteiger partial charge is 0.508 e. The van der Waals surface area contributed by atoms with Gasteiger partial charge in [0, 0.05) is 23.2 Å². The van der Waals surface area contributed by atoms with Crippen LogP contribution in [0.3, 0.4) is 0 Å². The molecule has 0 radical (unpaired) electrons. The number of piperidine rings is 1. The maximum absolute atomic E-state index is 13.8. The van der Waals surface area contributed by atoms with E-state index >= 15 is 0 Å². The van der Waals surface area contributed by atoms with E-state index in [9.17, 15) is 18.3 Å². The van der Waals surface area contributed by atoms with Crippen molar-refractivity contribution in [2.45, 2.75) is 29.0 Å². The maximum atomic E-state index is 13.8. The molecule has 3 aromatic rings. The van der Waals surface area contributed by atoms with Gasteiger partial charge < -0.3 is 10.0 Å². The van der Waals surface area contributed by atoms with E-state index in [-0.39, 0.29) is 11.7 Å². The number of fused-ring (bicyclic) bond motifs is 2. The maximum Gasteiger partial charge on any atom is 0.252 e. The summed E-state index contributed by atoms with van der Waals surface area (Å²) in [4.78, 5) is 15.6. The molecule has 1 fully saturated rings. The molecule has 32 heavy (non-hydrogen) atoms. The fourth-order valence-corrected chi connectivity index (χ4v) is 7.63. The molecule has 2 aromatic carbocycles. The first kappa shape index (κ1) is 21.6. The van der Waals surface area contributed by atoms with Crippen LogP contribution in [0.1, 0.15) is 24.0 Å². The van der Waals surface area contributed by atoms with Gasteiger partial charge in [0.2, 0.25) is 5.91 Å². The Morgan fingerprint density at radius 2 is 1.78 bits per heavy atom. The van der Waals surface area contributed by atoms with E-state index in [2.05, 4.69) is 15.9 Å². The average molecular weight is 533 g/mol. The first-order chi connectivity index (χ1) is 15.3. The third kappa shape index (κ3) is 3.48. The summed E-state index contributed by atoms with van der Waals surface area (Å²) in [7, 11) is -3.54. The van der Waals surface area contributed by atoms with Crippen molar-refractivity contribution < 1.29 is 18.3 Å². The van der Waals surface area contributed by atoms with Gasteiger partial charge in [-0.05, 0) is 65.7 Å². The van der Waals surface area contributed by atoms with Crippen LogP contribution < -0.4 is 4.90 Å². The molecule has 0 aliphatic carbocycles. The summed E-state index contributed by atoms with van der Waals surface area (Å²) in [5, 5.41) is 11.3. The molecule has 1 saturated heterocycles. The van der Waals surface area contributed by atoms with Crippen molar-refractivity contribution in [2.75, 3.05) is 18.0 Å². The van der Waals surface area contributed by atoms with Crippen LogP contribution in [0.5, 0.6) is 5.75 Å². The van der Waals surface area contributed by atoms with Gasteiger partial charge in [-0.1, -0.05) is 34.1 Å². The van der Waals surface area contributed by atoms with Crippen LogP contribution in [0.4, 0.5) is 5.69 Å². The predicted octanol–water partition coefficient (Wildman–Crippen LogP) is 4.49. The number of hydrogen-bond acceptors (Lipinski definition) is 5. The highest BCUT2D eigenvalue weighted by atomic mass is 79.9. The smallest absolute Gasteiger partial charge is 0.252 e. The minimum Gasteiger partial charge on any atom is -0.508 e. The van der Waals surface area contributed by atoms with Crippen molar-refractivity contribution in [2.24, 2.45) is 0 Å². The van der Waals surface area contributed by atoms with E-state index < -0.39 is 15.4 Å². The van der Waals surface area contributed by atoms with E-state index in [0.717, 1.165) is 21.3 Å². The van der Waals surface area contributed by atoms with Crippen LogP contribution in [0.2, 0.25) is 0 Å². The number of carbonyl (C=O) groups is 1. The van der Waals surface area contributed by atoms with Crippen molar-refractivity contribution in [3.05, 3.63) is 75.6 Å². The standard InChI is InChI=1S/C23H21BrN2O4S2/c24-17-5-8-20-19(14-17)23(22(28)26(20)15-16-3-6-18(27)7-4-16)9-11-25(12-10-23)32(29,30)21-2-1-13-31-21/h1-8,13-14,27H,9-12,15H2. The number of amides is 1. The number of aromatic hydroxyl groups is 1. The molecule has 1 amide bonds. The monoisotopic (exact) mass is 532 g/mol. The second kappa shape index (κ2) is 7.98. The minimum absolute atomic E-state index is 0.00634. The third-order valence-electron chi connectivity index (χ3n) is 6.36. The Bertz CT molecular complexity index is 1270. The molecule has 0 atom stereocenters. The van der Waals surface area contributed by atoms with Crippen molar-refractivity contribution in [1.29, 1.82) is 0 Å². The summed E-state index contributed by atoms with van der Waals surface area (Å²) in [6, 6.07) is 16.1.